The lowest BCUT2D eigenvalue weighted by molar-refractivity contribution is 0.589. The molecule has 2 N–H and O–H groups in total. The Bertz CT molecular complexity index is 1330. The topological polar surface area (TPSA) is 66.5 Å². The highest BCUT2D eigenvalue weighted by Crippen LogP contribution is 2.32. The summed E-state index contributed by atoms with van der Waals surface area (Å²) in [7, 11) is 0. The number of halogens is 2. The smallest absolute Gasteiger partial charge is 0.149 e. The second-order valence-electron chi connectivity index (χ2n) is 6.71. The van der Waals surface area contributed by atoms with E-state index in [0.717, 1.165) is 11.2 Å². The van der Waals surface area contributed by atoms with Crippen LogP contribution in [0.2, 0.25) is 0 Å². The number of nitrogens with zero attached hydrogens (tertiary/aromatic N) is 3. The molecule has 5 nitrogen and oxygen atoms in total. The second-order valence-corrected chi connectivity index (χ2v) is 6.71. The molecule has 0 spiro atoms. The van der Waals surface area contributed by atoms with Crippen molar-refractivity contribution in [2.75, 3.05) is 5.32 Å². The van der Waals surface area contributed by atoms with Crippen LogP contribution in [0.25, 0.3) is 33.4 Å². The van der Waals surface area contributed by atoms with Gasteiger partial charge >= 0.3 is 0 Å². The zero-order valence-corrected chi connectivity index (χ0v) is 15.6. The summed E-state index contributed by atoms with van der Waals surface area (Å²) in [6, 6.07) is 18.5. The zero-order valence-electron chi connectivity index (χ0n) is 15.6. The van der Waals surface area contributed by atoms with E-state index in [2.05, 4.69) is 25.5 Å². The molecule has 0 bridgehead atoms. The van der Waals surface area contributed by atoms with Gasteiger partial charge in [-0.3, -0.25) is 10.1 Å². The number of H-pyrrole nitrogens is 1. The number of aromatic amines is 1. The highest BCUT2D eigenvalue weighted by molar-refractivity contribution is 5.95. The van der Waals surface area contributed by atoms with Crippen LogP contribution < -0.4 is 5.32 Å². The molecule has 0 fully saturated rings. The zero-order chi connectivity index (χ0) is 20.5. The fraction of sp³-hybridized carbons (Fsp3) is 0. The van der Waals surface area contributed by atoms with Crippen LogP contribution in [0.4, 0.5) is 20.3 Å². The van der Waals surface area contributed by atoms with Crippen LogP contribution in [0.1, 0.15) is 0 Å². The third kappa shape index (κ3) is 3.26. The molecule has 0 aliphatic heterocycles. The average Bonchev–Trinajstić information content (AvgIpc) is 3.18. The maximum Gasteiger partial charge on any atom is 0.149 e. The number of benzene rings is 3. The lowest BCUT2D eigenvalue weighted by Crippen LogP contribution is -1.96. The van der Waals surface area contributed by atoms with E-state index < -0.39 is 11.6 Å². The summed E-state index contributed by atoms with van der Waals surface area (Å²) < 4.78 is 28.5. The lowest BCUT2D eigenvalue weighted by atomic mass is 10.0. The summed E-state index contributed by atoms with van der Waals surface area (Å²) in [6.07, 6.45) is 3.22. The van der Waals surface area contributed by atoms with Crippen molar-refractivity contribution in [3.8, 4) is 22.5 Å². The van der Waals surface area contributed by atoms with Gasteiger partial charge in [-0.15, -0.1) is 0 Å². The standard InChI is InChI=1S/C23H15F2N5/c24-17-7-4-8-18(25)22(17)14-9-10-19-16(11-14)23(30-29-19)20-12-26-13-21(28-20)27-15-5-2-1-3-6-15/h1-13H,(H,27,28)(H,29,30). The maximum absolute atomic E-state index is 14.3. The minimum absolute atomic E-state index is 0.0721. The second kappa shape index (κ2) is 7.36. The Morgan fingerprint density at radius 1 is 0.833 bits per heavy atom. The van der Waals surface area contributed by atoms with Gasteiger partial charge in [-0.25, -0.2) is 13.8 Å². The molecule has 0 amide bonds. The summed E-state index contributed by atoms with van der Waals surface area (Å²) in [5.74, 6) is -0.673. The van der Waals surface area contributed by atoms with E-state index in [9.17, 15) is 8.78 Å². The number of fused-ring (bicyclic) bond motifs is 1. The molecule has 2 heterocycles. The first-order valence-corrected chi connectivity index (χ1v) is 9.26. The fourth-order valence-electron chi connectivity index (χ4n) is 3.35. The molecule has 0 saturated heterocycles. The van der Waals surface area contributed by atoms with Gasteiger partial charge in [0.2, 0.25) is 0 Å². The molecule has 0 aliphatic rings. The van der Waals surface area contributed by atoms with Crippen LogP contribution in [-0.2, 0) is 0 Å². The Hall–Kier alpha value is -4.13. The van der Waals surface area contributed by atoms with Gasteiger partial charge in [-0.05, 0) is 42.0 Å². The molecule has 5 aromatic rings. The first kappa shape index (κ1) is 17.9. The molecule has 7 heteroatoms. The summed E-state index contributed by atoms with van der Waals surface area (Å²) in [4.78, 5) is 8.85. The number of anilines is 2. The van der Waals surface area contributed by atoms with Crippen LogP contribution in [0, 0.1) is 11.6 Å². The molecule has 146 valence electrons. The number of nitrogens with one attached hydrogen (secondary N) is 2. The monoisotopic (exact) mass is 399 g/mol. The van der Waals surface area contributed by atoms with E-state index in [0.29, 0.717) is 28.2 Å². The molecule has 0 atom stereocenters. The van der Waals surface area contributed by atoms with Crippen LogP contribution in [-0.4, -0.2) is 20.2 Å². The minimum Gasteiger partial charge on any atom is -0.339 e. The molecule has 0 aliphatic carbocycles. The van der Waals surface area contributed by atoms with Gasteiger partial charge in [0, 0.05) is 11.1 Å². The Labute approximate surface area is 170 Å². The van der Waals surface area contributed by atoms with Gasteiger partial charge in [-0.1, -0.05) is 30.3 Å². The summed E-state index contributed by atoms with van der Waals surface area (Å²) in [5, 5.41) is 11.2. The van der Waals surface area contributed by atoms with Crippen molar-refractivity contribution < 1.29 is 8.78 Å². The number of aromatic nitrogens is 4. The fourth-order valence-corrected chi connectivity index (χ4v) is 3.35. The SMILES string of the molecule is Fc1cccc(F)c1-c1ccc2[nH]nc(-c3cncc(Nc4ccccc4)n3)c2c1. The number of hydrogen-bond donors (Lipinski definition) is 2. The Morgan fingerprint density at radius 3 is 2.43 bits per heavy atom. The van der Waals surface area contributed by atoms with Crippen molar-refractivity contribution in [1.29, 1.82) is 0 Å². The highest BCUT2D eigenvalue weighted by atomic mass is 19.1. The number of hydrogen-bond acceptors (Lipinski definition) is 4. The van der Waals surface area contributed by atoms with Crippen LogP contribution in [0.3, 0.4) is 0 Å². The summed E-state index contributed by atoms with van der Waals surface area (Å²) in [5.41, 5.74) is 3.05. The van der Waals surface area contributed by atoms with Gasteiger partial charge in [-0.2, -0.15) is 5.10 Å². The number of para-hydroxylation sites is 1. The third-order valence-electron chi connectivity index (χ3n) is 4.74. The average molecular weight is 399 g/mol. The van der Waals surface area contributed by atoms with Gasteiger partial charge in [0.05, 0.1) is 23.5 Å². The van der Waals surface area contributed by atoms with Crippen molar-refractivity contribution in [3.63, 3.8) is 0 Å². The Kier molecular flexibility index (Phi) is 4.40. The maximum atomic E-state index is 14.3. The Balaban J connectivity index is 1.58. The molecule has 5 rings (SSSR count). The van der Waals surface area contributed by atoms with Crippen LogP contribution >= 0.6 is 0 Å². The molecule has 30 heavy (non-hydrogen) atoms. The first-order chi connectivity index (χ1) is 14.7. The van der Waals surface area contributed by atoms with E-state index in [1.807, 2.05) is 30.3 Å². The van der Waals surface area contributed by atoms with Crippen molar-refractivity contribution >= 4 is 22.4 Å². The predicted molar refractivity (Wildman–Crippen MR) is 112 cm³/mol. The van der Waals surface area contributed by atoms with E-state index in [-0.39, 0.29) is 5.56 Å². The predicted octanol–water partition coefficient (Wildman–Crippen LogP) is 5.71. The van der Waals surface area contributed by atoms with E-state index in [4.69, 9.17) is 0 Å². The van der Waals surface area contributed by atoms with Gasteiger partial charge in [0.15, 0.2) is 0 Å². The first-order valence-electron chi connectivity index (χ1n) is 9.26. The van der Waals surface area contributed by atoms with Gasteiger partial charge in [0.1, 0.15) is 28.8 Å². The lowest BCUT2D eigenvalue weighted by Gasteiger charge is -2.07. The molecule has 0 unspecified atom stereocenters. The molecule has 0 saturated carbocycles. The van der Waals surface area contributed by atoms with Crippen LogP contribution in [0.5, 0.6) is 0 Å². The van der Waals surface area contributed by atoms with Crippen molar-refractivity contribution in [2.45, 2.75) is 0 Å². The largest absolute Gasteiger partial charge is 0.339 e. The van der Waals surface area contributed by atoms with Gasteiger partial charge in [0.25, 0.3) is 0 Å². The molecule has 0 radical (unpaired) electrons. The van der Waals surface area contributed by atoms with E-state index in [1.165, 1.54) is 18.2 Å². The van der Waals surface area contributed by atoms with E-state index >= 15 is 0 Å². The summed E-state index contributed by atoms with van der Waals surface area (Å²) >= 11 is 0. The molecule has 3 aromatic carbocycles. The van der Waals surface area contributed by atoms with Crippen molar-refractivity contribution in [3.05, 3.63) is 90.8 Å². The van der Waals surface area contributed by atoms with Crippen molar-refractivity contribution in [1.82, 2.24) is 20.2 Å². The van der Waals surface area contributed by atoms with E-state index in [1.54, 1.807) is 30.6 Å². The van der Waals surface area contributed by atoms with Crippen LogP contribution in [0.15, 0.2) is 79.1 Å². The van der Waals surface area contributed by atoms with Gasteiger partial charge < -0.3 is 5.32 Å². The number of rotatable bonds is 4. The summed E-state index contributed by atoms with van der Waals surface area (Å²) in [6.45, 7) is 0. The van der Waals surface area contributed by atoms with Crippen molar-refractivity contribution in [2.24, 2.45) is 0 Å². The molecule has 2 aromatic heterocycles. The normalized spacial score (nSPS) is 11.0. The molecular formula is C23H15F2N5. The highest BCUT2D eigenvalue weighted by Gasteiger charge is 2.15. The molecular weight excluding hydrogens is 384 g/mol. The quantitative estimate of drug-likeness (QED) is 0.406. The Morgan fingerprint density at radius 2 is 1.63 bits per heavy atom. The third-order valence-corrected chi connectivity index (χ3v) is 4.74. The minimum atomic E-state index is -0.617.